The molecule has 6 nitrogen and oxygen atoms in total. The molecule has 0 unspecified atom stereocenters. The van der Waals surface area contributed by atoms with E-state index in [1.807, 2.05) is 20.9 Å². The molecule has 2 rings (SSSR count). The molecule has 0 fully saturated rings. The lowest BCUT2D eigenvalue weighted by Gasteiger charge is -2.06. The fourth-order valence-corrected chi connectivity index (χ4v) is 2.11. The highest BCUT2D eigenvalue weighted by molar-refractivity contribution is 6.06. The molecule has 0 bridgehead atoms. The number of carbonyl (C=O) groups is 2. The molecule has 106 valence electrons. The van der Waals surface area contributed by atoms with Crippen LogP contribution in [-0.4, -0.2) is 26.0 Å². The van der Waals surface area contributed by atoms with Crippen LogP contribution in [0.5, 0.6) is 0 Å². The summed E-state index contributed by atoms with van der Waals surface area (Å²) in [7, 11) is 3.57. The van der Waals surface area contributed by atoms with E-state index in [-0.39, 0.29) is 11.7 Å². The minimum Gasteiger partial charge on any atom is -0.346 e. The molecule has 0 atom stereocenters. The summed E-state index contributed by atoms with van der Waals surface area (Å²) in [5.41, 5.74) is 3.33. The Morgan fingerprint density at radius 1 is 1.25 bits per heavy atom. The standard InChI is InChI=1S/C14H18N4O2/c1-8-13(9(2)18(5)16-8)15-14(20)12-6-11(10(3)19)7-17(12)4/h6-7H,1-5H3,(H,15,20). The van der Waals surface area contributed by atoms with Crippen LogP contribution in [0.2, 0.25) is 0 Å². The van der Waals surface area contributed by atoms with Gasteiger partial charge in [0, 0.05) is 25.9 Å². The number of rotatable bonds is 3. The van der Waals surface area contributed by atoms with E-state index in [0.29, 0.717) is 16.9 Å². The van der Waals surface area contributed by atoms with Gasteiger partial charge in [0.15, 0.2) is 5.78 Å². The number of nitrogens with zero attached hydrogens (tertiary/aromatic N) is 3. The van der Waals surface area contributed by atoms with Crippen molar-refractivity contribution in [2.45, 2.75) is 20.8 Å². The van der Waals surface area contributed by atoms with Gasteiger partial charge in [0.05, 0.1) is 17.1 Å². The van der Waals surface area contributed by atoms with Gasteiger partial charge in [-0.1, -0.05) is 0 Å². The van der Waals surface area contributed by atoms with Crippen molar-refractivity contribution in [1.29, 1.82) is 0 Å². The van der Waals surface area contributed by atoms with Crippen molar-refractivity contribution in [3.05, 3.63) is 34.9 Å². The zero-order valence-electron chi connectivity index (χ0n) is 12.3. The number of amides is 1. The number of Topliss-reactive ketones (excluding diaryl/α,β-unsaturated/α-hetero) is 1. The second-order valence-corrected chi connectivity index (χ2v) is 4.90. The van der Waals surface area contributed by atoms with Crippen LogP contribution in [0.3, 0.4) is 0 Å². The van der Waals surface area contributed by atoms with E-state index in [2.05, 4.69) is 10.4 Å². The first kappa shape index (κ1) is 14.0. The molecular weight excluding hydrogens is 256 g/mol. The van der Waals surface area contributed by atoms with Crippen molar-refractivity contribution >= 4 is 17.4 Å². The molecule has 0 saturated heterocycles. The normalized spacial score (nSPS) is 10.7. The molecule has 0 spiro atoms. The summed E-state index contributed by atoms with van der Waals surface area (Å²) in [4.78, 5) is 23.6. The molecule has 2 aromatic heterocycles. The summed E-state index contributed by atoms with van der Waals surface area (Å²) in [5, 5.41) is 7.11. The third kappa shape index (κ3) is 2.36. The Morgan fingerprint density at radius 3 is 2.35 bits per heavy atom. The average molecular weight is 274 g/mol. The number of hydrogen-bond donors (Lipinski definition) is 1. The van der Waals surface area contributed by atoms with Gasteiger partial charge in [0.1, 0.15) is 5.69 Å². The lowest BCUT2D eigenvalue weighted by Crippen LogP contribution is -2.16. The zero-order valence-corrected chi connectivity index (χ0v) is 12.3. The maximum absolute atomic E-state index is 12.3. The fourth-order valence-electron chi connectivity index (χ4n) is 2.11. The Labute approximate surface area is 117 Å². The van der Waals surface area contributed by atoms with Crippen molar-refractivity contribution in [1.82, 2.24) is 14.3 Å². The van der Waals surface area contributed by atoms with Crippen LogP contribution in [-0.2, 0) is 14.1 Å². The monoisotopic (exact) mass is 274 g/mol. The average Bonchev–Trinajstić information content (AvgIpc) is 2.86. The van der Waals surface area contributed by atoms with Gasteiger partial charge in [-0.05, 0) is 26.8 Å². The van der Waals surface area contributed by atoms with Gasteiger partial charge in [0.2, 0.25) is 0 Å². The van der Waals surface area contributed by atoms with Gasteiger partial charge >= 0.3 is 0 Å². The number of nitrogens with one attached hydrogen (secondary N) is 1. The van der Waals surface area contributed by atoms with Crippen LogP contribution in [0.4, 0.5) is 5.69 Å². The van der Waals surface area contributed by atoms with Crippen molar-refractivity contribution in [3.63, 3.8) is 0 Å². The summed E-state index contributed by atoms with van der Waals surface area (Å²) in [6, 6.07) is 1.60. The lowest BCUT2D eigenvalue weighted by atomic mass is 10.2. The smallest absolute Gasteiger partial charge is 0.272 e. The second kappa shape index (κ2) is 4.96. The number of carbonyl (C=O) groups excluding carboxylic acids is 2. The molecule has 0 saturated carbocycles. The number of aryl methyl sites for hydroxylation is 3. The van der Waals surface area contributed by atoms with Gasteiger partial charge < -0.3 is 9.88 Å². The molecule has 0 aliphatic carbocycles. The Balaban J connectivity index is 2.31. The van der Waals surface area contributed by atoms with Gasteiger partial charge in [-0.25, -0.2) is 0 Å². The number of anilines is 1. The first-order chi connectivity index (χ1) is 9.31. The van der Waals surface area contributed by atoms with E-state index in [9.17, 15) is 9.59 Å². The van der Waals surface area contributed by atoms with Crippen LogP contribution in [0, 0.1) is 13.8 Å². The third-order valence-corrected chi connectivity index (χ3v) is 3.39. The fraction of sp³-hybridized carbons (Fsp3) is 0.357. The Hall–Kier alpha value is -2.37. The highest BCUT2D eigenvalue weighted by atomic mass is 16.2. The van der Waals surface area contributed by atoms with E-state index in [1.165, 1.54) is 6.92 Å². The molecule has 20 heavy (non-hydrogen) atoms. The quantitative estimate of drug-likeness (QED) is 0.868. The first-order valence-electron chi connectivity index (χ1n) is 6.30. The van der Waals surface area contributed by atoms with Crippen molar-refractivity contribution in [2.24, 2.45) is 14.1 Å². The minimum absolute atomic E-state index is 0.0617. The SMILES string of the molecule is CC(=O)c1cc(C(=O)Nc2c(C)nn(C)c2C)n(C)c1. The van der Waals surface area contributed by atoms with E-state index in [1.54, 1.807) is 28.6 Å². The Bertz CT molecular complexity index is 694. The molecule has 0 aliphatic heterocycles. The van der Waals surface area contributed by atoms with E-state index in [4.69, 9.17) is 0 Å². The summed E-state index contributed by atoms with van der Waals surface area (Å²) in [6.45, 7) is 5.21. The van der Waals surface area contributed by atoms with E-state index < -0.39 is 0 Å². The van der Waals surface area contributed by atoms with Gasteiger partial charge in [-0.2, -0.15) is 5.10 Å². The summed E-state index contributed by atoms with van der Waals surface area (Å²) < 4.78 is 3.37. The summed E-state index contributed by atoms with van der Waals surface area (Å²) in [5.74, 6) is -0.312. The van der Waals surface area contributed by atoms with E-state index in [0.717, 1.165) is 11.4 Å². The minimum atomic E-state index is -0.251. The molecule has 2 heterocycles. The predicted octanol–water partition coefficient (Wildman–Crippen LogP) is 1.83. The second-order valence-electron chi connectivity index (χ2n) is 4.90. The maximum Gasteiger partial charge on any atom is 0.272 e. The number of ketones is 1. The first-order valence-corrected chi connectivity index (χ1v) is 6.30. The van der Waals surface area contributed by atoms with Gasteiger partial charge in [0.25, 0.3) is 5.91 Å². The third-order valence-electron chi connectivity index (χ3n) is 3.39. The van der Waals surface area contributed by atoms with Gasteiger partial charge in [-0.15, -0.1) is 0 Å². The molecule has 1 N–H and O–H groups in total. The highest BCUT2D eigenvalue weighted by Crippen LogP contribution is 2.19. The molecular formula is C14H18N4O2. The summed E-state index contributed by atoms with van der Waals surface area (Å²) in [6.07, 6.45) is 1.65. The van der Waals surface area contributed by atoms with Crippen LogP contribution >= 0.6 is 0 Å². The van der Waals surface area contributed by atoms with Gasteiger partial charge in [-0.3, -0.25) is 14.3 Å². The molecule has 1 amide bonds. The van der Waals surface area contributed by atoms with Crippen molar-refractivity contribution in [3.8, 4) is 0 Å². The van der Waals surface area contributed by atoms with Crippen LogP contribution in [0.15, 0.2) is 12.3 Å². The highest BCUT2D eigenvalue weighted by Gasteiger charge is 2.17. The van der Waals surface area contributed by atoms with Crippen molar-refractivity contribution < 1.29 is 9.59 Å². The Kier molecular flexibility index (Phi) is 3.48. The topological polar surface area (TPSA) is 68.9 Å². The molecule has 0 aromatic carbocycles. The molecule has 6 heteroatoms. The molecule has 0 aliphatic rings. The Morgan fingerprint density at radius 2 is 1.90 bits per heavy atom. The summed E-state index contributed by atoms with van der Waals surface area (Å²) >= 11 is 0. The zero-order chi connectivity index (χ0) is 15.0. The van der Waals surface area contributed by atoms with Crippen molar-refractivity contribution in [2.75, 3.05) is 5.32 Å². The molecule has 0 radical (unpaired) electrons. The predicted molar refractivity (Wildman–Crippen MR) is 76.1 cm³/mol. The molecule has 2 aromatic rings. The van der Waals surface area contributed by atoms with Crippen LogP contribution in [0.25, 0.3) is 0 Å². The van der Waals surface area contributed by atoms with Crippen LogP contribution in [0.1, 0.15) is 39.2 Å². The number of hydrogen-bond acceptors (Lipinski definition) is 3. The van der Waals surface area contributed by atoms with E-state index >= 15 is 0 Å². The lowest BCUT2D eigenvalue weighted by molar-refractivity contribution is 0.101. The maximum atomic E-state index is 12.3. The largest absolute Gasteiger partial charge is 0.346 e. The van der Waals surface area contributed by atoms with Crippen LogP contribution < -0.4 is 5.32 Å². The number of aromatic nitrogens is 3.